The Morgan fingerprint density at radius 2 is 2.12 bits per heavy atom. The van der Waals surface area contributed by atoms with E-state index in [1.54, 1.807) is 7.11 Å². The van der Waals surface area contributed by atoms with Crippen LogP contribution in [0.5, 0.6) is 5.75 Å². The number of hydrogen-bond acceptors (Lipinski definition) is 3. The molecule has 0 spiro atoms. The van der Waals surface area contributed by atoms with Crippen LogP contribution in [0, 0.1) is 11.8 Å². The van der Waals surface area contributed by atoms with E-state index in [4.69, 9.17) is 10.6 Å². The van der Waals surface area contributed by atoms with Crippen molar-refractivity contribution in [3.8, 4) is 5.75 Å². The van der Waals surface area contributed by atoms with Crippen LogP contribution in [-0.4, -0.2) is 7.11 Å². The summed E-state index contributed by atoms with van der Waals surface area (Å²) in [6.07, 6.45) is 3.79. The third kappa shape index (κ3) is 2.61. The van der Waals surface area contributed by atoms with Gasteiger partial charge in [-0.25, -0.2) is 0 Å². The second-order valence-corrected chi connectivity index (χ2v) is 5.06. The lowest BCUT2D eigenvalue weighted by molar-refractivity contribution is 0.342. The van der Waals surface area contributed by atoms with E-state index in [1.165, 1.54) is 24.8 Å². The second-order valence-electron chi connectivity index (χ2n) is 5.06. The van der Waals surface area contributed by atoms with E-state index in [0.29, 0.717) is 5.92 Å². The summed E-state index contributed by atoms with van der Waals surface area (Å²) in [4.78, 5) is 0. The minimum Gasteiger partial charge on any atom is -0.496 e. The van der Waals surface area contributed by atoms with Gasteiger partial charge in [0.1, 0.15) is 5.75 Å². The van der Waals surface area contributed by atoms with Crippen molar-refractivity contribution in [2.45, 2.75) is 32.2 Å². The summed E-state index contributed by atoms with van der Waals surface area (Å²) < 4.78 is 5.42. The zero-order chi connectivity index (χ0) is 12.3. The Morgan fingerprint density at radius 3 is 2.71 bits per heavy atom. The van der Waals surface area contributed by atoms with Crippen LogP contribution < -0.4 is 16.0 Å². The molecule has 1 aromatic rings. The van der Waals surface area contributed by atoms with Crippen molar-refractivity contribution in [2.75, 3.05) is 7.11 Å². The Balaban J connectivity index is 2.22. The zero-order valence-electron chi connectivity index (χ0n) is 10.6. The molecule has 3 heteroatoms. The van der Waals surface area contributed by atoms with E-state index < -0.39 is 0 Å². The van der Waals surface area contributed by atoms with Crippen molar-refractivity contribution < 1.29 is 4.74 Å². The van der Waals surface area contributed by atoms with Crippen molar-refractivity contribution in [2.24, 2.45) is 17.7 Å². The topological polar surface area (TPSA) is 47.3 Å². The summed E-state index contributed by atoms with van der Waals surface area (Å²) in [5.74, 6) is 8.10. The van der Waals surface area contributed by atoms with Crippen LogP contribution in [0.3, 0.4) is 0 Å². The predicted molar refractivity (Wildman–Crippen MR) is 69.6 cm³/mol. The minimum absolute atomic E-state index is 0.205. The average Bonchev–Trinajstić information content (AvgIpc) is 2.77. The van der Waals surface area contributed by atoms with E-state index in [-0.39, 0.29) is 6.04 Å². The predicted octanol–water partition coefficient (Wildman–Crippen LogP) is 2.64. The van der Waals surface area contributed by atoms with Crippen molar-refractivity contribution in [1.82, 2.24) is 5.43 Å². The van der Waals surface area contributed by atoms with Crippen LogP contribution in [0.1, 0.15) is 37.8 Å². The summed E-state index contributed by atoms with van der Waals surface area (Å²) in [5.41, 5.74) is 4.15. The molecule has 3 unspecified atom stereocenters. The van der Waals surface area contributed by atoms with Crippen LogP contribution in [-0.2, 0) is 0 Å². The summed E-state index contributed by atoms with van der Waals surface area (Å²) in [6.45, 7) is 2.32. The van der Waals surface area contributed by atoms with Gasteiger partial charge in [0.15, 0.2) is 0 Å². The highest BCUT2D eigenvalue weighted by molar-refractivity contribution is 5.36. The van der Waals surface area contributed by atoms with Gasteiger partial charge in [-0.2, -0.15) is 0 Å². The molecule has 0 heterocycles. The van der Waals surface area contributed by atoms with Crippen LogP contribution in [0.15, 0.2) is 24.3 Å². The van der Waals surface area contributed by atoms with Crippen LogP contribution >= 0.6 is 0 Å². The molecule has 2 rings (SSSR count). The quantitative estimate of drug-likeness (QED) is 0.622. The summed E-state index contributed by atoms with van der Waals surface area (Å²) in [6, 6.07) is 8.34. The number of nitrogens with one attached hydrogen (secondary N) is 1. The fraction of sp³-hybridized carbons (Fsp3) is 0.571. The molecule has 94 valence electrons. The maximum atomic E-state index is 5.75. The number of ether oxygens (including phenoxy) is 1. The van der Waals surface area contributed by atoms with Gasteiger partial charge >= 0.3 is 0 Å². The molecular weight excluding hydrogens is 212 g/mol. The van der Waals surface area contributed by atoms with Gasteiger partial charge in [-0.3, -0.25) is 11.3 Å². The first-order chi connectivity index (χ1) is 8.26. The smallest absolute Gasteiger partial charge is 0.123 e. The molecule has 0 radical (unpaired) electrons. The minimum atomic E-state index is 0.205. The van der Waals surface area contributed by atoms with Gasteiger partial charge in [0.25, 0.3) is 0 Å². The summed E-state index contributed by atoms with van der Waals surface area (Å²) in [5, 5.41) is 0. The van der Waals surface area contributed by atoms with Crippen LogP contribution in [0.2, 0.25) is 0 Å². The molecule has 1 fully saturated rings. The normalized spacial score (nSPS) is 25.8. The first-order valence-corrected chi connectivity index (χ1v) is 6.35. The maximum absolute atomic E-state index is 5.75. The second kappa shape index (κ2) is 5.52. The Kier molecular flexibility index (Phi) is 4.02. The van der Waals surface area contributed by atoms with E-state index in [1.807, 2.05) is 18.2 Å². The van der Waals surface area contributed by atoms with E-state index in [9.17, 15) is 0 Å². The molecular formula is C14H22N2O. The van der Waals surface area contributed by atoms with E-state index >= 15 is 0 Å². The number of hydrogen-bond donors (Lipinski definition) is 2. The first kappa shape index (κ1) is 12.4. The monoisotopic (exact) mass is 234 g/mol. The molecule has 3 nitrogen and oxygen atoms in total. The van der Waals surface area contributed by atoms with Gasteiger partial charge in [0.05, 0.1) is 13.2 Å². The molecule has 0 aromatic heterocycles. The zero-order valence-corrected chi connectivity index (χ0v) is 10.6. The highest BCUT2D eigenvalue weighted by Crippen LogP contribution is 2.40. The summed E-state index contributed by atoms with van der Waals surface area (Å²) >= 11 is 0. The molecule has 17 heavy (non-hydrogen) atoms. The molecule has 3 N–H and O–H groups in total. The van der Waals surface area contributed by atoms with Crippen LogP contribution in [0.25, 0.3) is 0 Å². The third-order valence-corrected chi connectivity index (χ3v) is 3.86. The largest absolute Gasteiger partial charge is 0.496 e. The van der Waals surface area contributed by atoms with E-state index in [2.05, 4.69) is 18.4 Å². The van der Waals surface area contributed by atoms with Gasteiger partial charge in [0, 0.05) is 5.56 Å². The molecule has 0 aliphatic heterocycles. The fourth-order valence-electron chi connectivity index (χ4n) is 2.96. The molecule has 0 amide bonds. The van der Waals surface area contributed by atoms with Gasteiger partial charge in [0.2, 0.25) is 0 Å². The number of benzene rings is 1. The maximum Gasteiger partial charge on any atom is 0.123 e. The molecule has 1 aliphatic rings. The number of hydrazine groups is 1. The lowest BCUT2D eigenvalue weighted by atomic mass is 9.91. The van der Waals surface area contributed by atoms with Crippen LogP contribution in [0.4, 0.5) is 0 Å². The molecule has 1 saturated carbocycles. The Morgan fingerprint density at radius 1 is 1.35 bits per heavy atom. The number of nitrogens with two attached hydrogens (primary N) is 1. The van der Waals surface area contributed by atoms with Crippen molar-refractivity contribution in [3.63, 3.8) is 0 Å². The Labute approximate surface area is 103 Å². The van der Waals surface area contributed by atoms with E-state index in [0.717, 1.165) is 11.7 Å². The number of methoxy groups -OCH3 is 1. The first-order valence-electron chi connectivity index (χ1n) is 6.35. The standard InChI is InChI=1S/C14H22N2O/c1-10-7-8-11(9-10)14(16-15)12-5-3-4-6-13(12)17-2/h3-6,10-11,14,16H,7-9,15H2,1-2H3. The Bertz CT molecular complexity index is 367. The average molecular weight is 234 g/mol. The van der Waals surface area contributed by atoms with Crippen molar-refractivity contribution in [3.05, 3.63) is 29.8 Å². The number of rotatable bonds is 4. The highest BCUT2D eigenvalue weighted by atomic mass is 16.5. The van der Waals surface area contributed by atoms with Crippen molar-refractivity contribution >= 4 is 0 Å². The van der Waals surface area contributed by atoms with Gasteiger partial charge in [-0.05, 0) is 30.7 Å². The van der Waals surface area contributed by atoms with Gasteiger partial charge in [-0.15, -0.1) is 0 Å². The SMILES string of the molecule is COc1ccccc1C(NN)C1CCC(C)C1. The van der Waals surface area contributed by atoms with Gasteiger partial charge < -0.3 is 4.74 Å². The lowest BCUT2D eigenvalue weighted by Gasteiger charge is -2.24. The van der Waals surface area contributed by atoms with Crippen molar-refractivity contribution in [1.29, 1.82) is 0 Å². The molecule has 0 bridgehead atoms. The Hall–Kier alpha value is -1.06. The fourth-order valence-corrected chi connectivity index (χ4v) is 2.96. The molecule has 3 atom stereocenters. The van der Waals surface area contributed by atoms with Gasteiger partial charge in [-0.1, -0.05) is 31.5 Å². The molecule has 0 saturated heterocycles. The molecule has 1 aliphatic carbocycles. The summed E-state index contributed by atoms with van der Waals surface area (Å²) in [7, 11) is 1.71. The lowest BCUT2D eigenvalue weighted by Crippen LogP contribution is -2.33. The number of para-hydroxylation sites is 1. The molecule has 1 aromatic carbocycles. The third-order valence-electron chi connectivity index (χ3n) is 3.86. The highest BCUT2D eigenvalue weighted by Gasteiger charge is 2.30.